The van der Waals surface area contributed by atoms with E-state index in [0.29, 0.717) is 5.75 Å². The number of nitrogens with one attached hydrogen (secondary N) is 1. The van der Waals surface area contributed by atoms with Crippen molar-refractivity contribution in [3.8, 4) is 5.75 Å². The molecule has 0 heterocycles. The van der Waals surface area contributed by atoms with Crippen LogP contribution in [0, 0.1) is 0 Å². The topological polar surface area (TPSA) is 38.3 Å². The summed E-state index contributed by atoms with van der Waals surface area (Å²) in [4.78, 5) is 0. The van der Waals surface area contributed by atoms with Crippen molar-refractivity contribution in [3.63, 3.8) is 0 Å². The number of benzene rings is 1. The second kappa shape index (κ2) is 7.23. The minimum Gasteiger partial charge on any atom is -0.496 e. The molecule has 0 saturated carbocycles. The van der Waals surface area contributed by atoms with E-state index in [9.17, 15) is 4.21 Å². The van der Waals surface area contributed by atoms with Crippen LogP contribution in [0.5, 0.6) is 5.75 Å². The third-order valence-corrected chi connectivity index (χ3v) is 4.64. The fourth-order valence-electron chi connectivity index (χ4n) is 1.74. The highest BCUT2D eigenvalue weighted by molar-refractivity contribution is 7.84. The number of hydrogen-bond donors (Lipinski definition) is 1. The first-order chi connectivity index (χ1) is 9.23. The van der Waals surface area contributed by atoms with Gasteiger partial charge in [0.2, 0.25) is 0 Å². The Kier molecular flexibility index (Phi) is 6.21. The van der Waals surface area contributed by atoms with Gasteiger partial charge in [0.1, 0.15) is 5.75 Å². The van der Waals surface area contributed by atoms with Gasteiger partial charge in [-0.05, 0) is 38.5 Å². The van der Waals surface area contributed by atoms with E-state index in [4.69, 9.17) is 4.74 Å². The average Bonchev–Trinajstić information content (AvgIpc) is 2.35. The normalized spacial score (nSPS) is 13.6. The number of ether oxygens (including phenoxy) is 1. The molecule has 1 aromatic carbocycles. The van der Waals surface area contributed by atoms with Crippen molar-refractivity contribution in [3.05, 3.63) is 29.3 Å². The van der Waals surface area contributed by atoms with Crippen LogP contribution in [0.4, 0.5) is 0 Å². The molecule has 0 saturated heterocycles. The Morgan fingerprint density at radius 3 is 2.45 bits per heavy atom. The Bertz CT molecular complexity index is 464. The molecule has 0 fully saturated rings. The highest BCUT2D eigenvalue weighted by Gasteiger charge is 2.13. The van der Waals surface area contributed by atoms with E-state index in [1.165, 1.54) is 5.56 Å². The maximum absolute atomic E-state index is 12.0. The molecular formula is C16H27NO2S. The van der Waals surface area contributed by atoms with Gasteiger partial charge in [-0.2, -0.15) is 0 Å². The molecule has 1 unspecified atom stereocenters. The van der Waals surface area contributed by atoms with Gasteiger partial charge < -0.3 is 10.1 Å². The molecule has 1 aromatic rings. The van der Waals surface area contributed by atoms with Crippen molar-refractivity contribution in [2.45, 2.75) is 57.7 Å². The van der Waals surface area contributed by atoms with Gasteiger partial charge in [-0.1, -0.05) is 19.9 Å². The van der Waals surface area contributed by atoms with E-state index in [0.717, 1.165) is 17.9 Å². The summed E-state index contributed by atoms with van der Waals surface area (Å²) >= 11 is 0. The van der Waals surface area contributed by atoms with Crippen molar-refractivity contribution in [1.29, 1.82) is 0 Å². The SMILES string of the molecule is COc1ccc(CNC(C)(C)C)cc1CS(=O)C(C)C. The van der Waals surface area contributed by atoms with Crippen molar-refractivity contribution in [2.24, 2.45) is 0 Å². The predicted molar refractivity (Wildman–Crippen MR) is 86.6 cm³/mol. The molecule has 114 valence electrons. The van der Waals surface area contributed by atoms with Crippen molar-refractivity contribution >= 4 is 10.8 Å². The van der Waals surface area contributed by atoms with Gasteiger partial charge in [0, 0.05) is 33.7 Å². The van der Waals surface area contributed by atoms with Crippen LogP contribution >= 0.6 is 0 Å². The first-order valence-corrected chi connectivity index (χ1v) is 8.39. The molecule has 0 bridgehead atoms. The molecule has 0 aliphatic heterocycles. The monoisotopic (exact) mass is 297 g/mol. The third kappa shape index (κ3) is 5.63. The average molecular weight is 297 g/mol. The molecular weight excluding hydrogens is 270 g/mol. The lowest BCUT2D eigenvalue weighted by molar-refractivity contribution is 0.409. The standard InChI is InChI=1S/C16H27NO2S/c1-12(2)20(18)11-14-9-13(7-8-15(14)19-6)10-17-16(3,4)5/h7-9,12,17H,10-11H2,1-6H3. The first-order valence-electron chi connectivity index (χ1n) is 7.01. The van der Waals surface area contributed by atoms with Crippen molar-refractivity contribution in [2.75, 3.05) is 7.11 Å². The fraction of sp³-hybridized carbons (Fsp3) is 0.625. The zero-order valence-corrected chi connectivity index (χ0v) is 14.3. The molecule has 0 aliphatic carbocycles. The second-order valence-corrected chi connectivity index (χ2v) is 8.32. The quantitative estimate of drug-likeness (QED) is 0.876. The van der Waals surface area contributed by atoms with E-state index in [2.05, 4.69) is 38.2 Å². The van der Waals surface area contributed by atoms with E-state index in [1.54, 1.807) is 7.11 Å². The molecule has 3 nitrogen and oxygen atoms in total. The summed E-state index contributed by atoms with van der Waals surface area (Å²) < 4.78 is 17.4. The molecule has 0 spiro atoms. The summed E-state index contributed by atoms with van der Waals surface area (Å²) in [7, 11) is 0.793. The van der Waals surface area contributed by atoms with E-state index < -0.39 is 10.8 Å². The van der Waals surface area contributed by atoms with Gasteiger partial charge in [0.25, 0.3) is 0 Å². The summed E-state index contributed by atoms with van der Waals surface area (Å²) in [5.41, 5.74) is 2.30. The number of methoxy groups -OCH3 is 1. The zero-order chi connectivity index (χ0) is 15.3. The Morgan fingerprint density at radius 1 is 1.30 bits per heavy atom. The van der Waals surface area contributed by atoms with Gasteiger partial charge in [0.15, 0.2) is 0 Å². The molecule has 1 N–H and O–H groups in total. The Hall–Kier alpha value is -0.870. The van der Waals surface area contributed by atoms with Gasteiger partial charge in [-0.15, -0.1) is 0 Å². The van der Waals surface area contributed by atoms with Gasteiger partial charge >= 0.3 is 0 Å². The minimum absolute atomic E-state index is 0.0842. The van der Waals surface area contributed by atoms with Crippen LogP contribution in [0.3, 0.4) is 0 Å². The lowest BCUT2D eigenvalue weighted by Crippen LogP contribution is -2.35. The summed E-state index contributed by atoms with van der Waals surface area (Å²) in [5.74, 6) is 1.36. The number of rotatable bonds is 6. The van der Waals surface area contributed by atoms with E-state index in [1.807, 2.05) is 19.9 Å². The third-order valence-electron chi connectivity index (χ3n) is 2.99. The van der Waals surface area contributed by atoms with Crippen LogP contribution in [-0.4, -0.2) is 22.1 Å². The Balaban J connectivity index is 2.88. The van der Waals surface area contributed by atoms with Crippen LogP contribution in [0.1, 0.15) is 45.7 Å². The molecule has 20 heavy (non-hydrogen) atoms. The maximum Gasteiger partial charge on any atom is 0.123 e. The first kappa shape index (κ1) is 17.2. The van der Waals surface area contributed by atoms with E-state index >= 15 is 0 Å². The molecule has 0 radical (unpaired) electrons. The Labute approximate surface area is 125 Å². The molecule has 1 atom stereocenters. The van der Waals surface area contributed by atoms with Crippen LogP contribution in [0.15, 0.2) is 18.2 Å². The van der Waals surface area contributed by atoms with Crippen molar-refractivity contribution < 1.29 is 8.95 Å². The Morgan fingerprint density at radius 2 is 1.95 bits per heavy atom. The summed E-state index contributed by atoms with van der Waals surface area (Å²) in [5, 5.41) is 3.63. The molecule has 0 aliphatic rings. The van der Waals surface area contributed by atoms with E-state index in [-0.39, 0.29) is 10.8 Å². The summed E-state index contributed by atoms with van der Waals surface area (Å²) in [6, 6.07) is 6.11. The molecule has 4 heteroatoms. The molecule has 0 amide bonds. The predicted octanol–water partition coefficient (Wildman–Crippen LogP) is 3.24. The highest BCUT2D eigenvalue weighted by Crippen LogP contribution is 2.22. The second-order valence-electron chi connectivity index (χ2n) is 6.32. The summed E-state index contributed by atoms with van der Waals surface area (Å²) in [6.07, 6.45) is 0. The van der Waals surface area contributed by atoms with Crippen LogP contribution in [0.25, 0.3) is 0 Å². The minimum atomic E-state index is -0.864. The highest BCUT2D eigenvalue weighted by atomic mass is 32.2. The fourth-order valence-corrected chi connectivity index (χ4v) is 2.61. The number of hydrogen-bond acceptors (Lipinski definition) is 3. The van der Waals surface area contributed by atoms with Gasteiger partial charge in [-0.3, -0.25) is 4.21 Å². The molecule has 1 rings (SSSR count). The largest absolute Gasteiger partial charge is 0.496 e. The van der Waals surface area contributed by atoms with Crippen LogP contribution in [0.2, 0.25) is 0 Å². The summed E-state index contributed by atoms with van der Waals surface area (Å²) in [6.45, 7) is 11.2. The smallest absolute Gasteiger partial charge is 0.123 e. The molecule has 0 aromatic heterocycles. The lowest BCUT2D eigenvalue weighted by atomic mass is 10.1. The lowest BCUT2D eigenvalue weighted by Gasteiger charge is -2.21. The zero-order valence-electron chi connectivity index (χ0n) is 13.4. The van der Waals surface area contributed by atoms with Crippen molar-refractivity contribution in [1.82, 2.24) is 5.32 Å². The van der Waals surface area contributed by atoms with Crippen LogP contribution in [-0.2, 0) is 23.1 Å². The van der Waals surface area contributed by atoms with Gasteiger partial charge in [0.05, 0.1) is 12.9 Å². The maximum atomic E-state index is 12.0. The van der Waals surface area contributed by atoms with Crippen LogP contribution < -0.4 is 10.1 Å². The van der Waals surface area contributed by atoms with Gasteiger partial charge in [-0.25, -0.2) is 0 Å².